The number of hydrogen-bond acceptors (Lipinski definition) is 4. The minimum atomic E-state index is -3.52. The van der Waals surface area contributed by atoms with E-state index in [0.717, 1.165) is 11.1 Å². The molecule has 0 aromatic heterocycles. The molecule has 0 bridgehead atoms. The van der Waals surface area contributed by atoms with Gasteiger partial charge in [0.2, 0.25) is 15.9 Å². The number of carbonyl (C=O) groups excluding carboxylic acids is 1. The molecule has 162 valence electrons. The number of ether oxygens (including phenoxy) is 1. The van der Waals surface area contributed by atoms with E-state index < -0.39 is 10.0 Å². The lowest BCUT2D eigenvalue weighted by molar-refractivity contribution is -0.138. The van der Waals surface area contributed by atoms with Gasteiger partial charge in [-0.05, 0) is 37.5 Å². The van der Waals surface area contributed by atoms with Gasteiger partial charge in [-0.3, -0.25) is 4.79 Å². The fourth-order valence-electron chi connectivity index (χ4n) is 3.73. The van der Waals surface area contributed by atoms with Crippen LogP contribution in [0.25, 0.3) is 0 Å². The number of methoxy groups -OCH3 is 1. The predicted molar refractivity (Wildman–Crippen MR) is 116 cm³/mol. The topological polar surface area (TPSA) is 66.9 Å². The van der Waals surface area contributed by atoms with Crippen molar-refractivity contribution in [3.8, 4) is 0 Å². The predicted octanol–water partition coefficient (Wildman–Crippen LogP) is 3.07. The molecule has 0 N–H and O–H groups in total. The minimum absolute atomic E-state index is 0.0725. The van der Waals surface area contributed by atoms with Crippen molar-refractivity contribution in [1.29, 1.82) is 0 Å². The van der Waals surface area contributed by atoms with Crippen LogP contribution >= 0.6 is 0 Å². The van der Waals surface area contributed by atoms with Gasteiger partial charge in [0, 0.05) is 39.2 Å². The van der Waals surface area contributed by atoms with E-state index >= 15 is 0 Å². The molecule has 3 rings (SSSR count). The van der Waals surface area contributed by atoms with Gasteiger partial charge >= 0.3 is 0 Å². The quantitative estimate of drug-likeness (QED) is 0.646. The molecule has 2 aromatic rings. The summed E-state index contributed by atoms with van der Waals surface area (Å²) in [6.45, 7) is 4.17. The molecule has 0 saturated carbocycles. The zero-order valence-corrected chi connectivity index (χ0v) is 18.5. The molecule has 1 aliphatic rings. The highest BCUT2D eigenvalue weighted by atomic mass is 32.2. The molecule has 6 nitrogen and oxygen atoms in total. The van der Waals surface area contributed by atoms with Crippen LogP contribution < -0.4 is 0 Å². The van der Waals surface area contributed by atoms with Crippen molar-refractivity contribution in [1.82, 2.24) is 9.21 Å². The van der Waals surface area contributed by atoms with E-state index in [1.54, 1.807) is 31.4 Å². The van der Waals surface area contributed by atoms with Crippen LogP contribution in [-0.2, 0) is 26.1 Å². The summed E-state index contributed by atoms with van der Waals surface area (Å²) >= 11 is 0. The van der Waals surface area contributed by atoms with Crippen LogP contribution in [0.2, 0.25) is 0 Å². The Kier molecular flexibility index (Phi) is 7.64. The molecule has 0 aliphatic carbocycles. The van der Waals surface area contributed by atoms with Gasteiger partial charge in [-0.15, -0.1) is 0 Å². The Morgan fingerprint density at radius 1 is 1.07 bits per heavy atom. The first kappa shape index (κ1) is 22.5. The highest BCUT2D eigenvalue weighted by molar-refractivity contribution is 7.89. The molecule has 1 fully saturated rings. The van der Waals surface area contributed by atoms with Crippen LogP contribution in [0, 0.1) is 12.8 Å². The molecule has 1 amide bonds. The van der Waals surface area contributed by atoms with E-state index in [2.05, 4.69) is 0 Å². The average molecular weight is 431 g/mol. The molecule has 0 radical (unpaired) electrons. The number of sulfonamides is 1. The van der Waals surface area contributed by atoms with Crippen LogP contribution in [0.3, 0.4) is 0 Å². The summed E-state index contributed by atoms with van der Waals surface area (Å²) < 4.78 is 32.5. The summed E-state index contributed by atoms with van der Waals surface area (Å²) in [6.07, 6.45) is 1.06. The maximum atomic E-state index is 13.2. The number of rotatable bonds is 8. The van der Waals surface area contributed by atoms with Crippen LogP contribution in [0.4, 0.5) is 0 Å². The fraction of sp³-hybridized carbons (Fsp3) is 0.435. The molecular weight excluding hydrogens is 400 g/mol. The highest BCUT2D eigenvalue weighted by Crippen LogP contribution is 2.26. The summed E-state index contributed by atoms with van der Waals surface area (Å²) in [7, 11) is -1.90. The summed E-state index contributed by atoms with van der Waals surface area (Å²) in [4.78, 5) is 15.3. The third-order valence-corrected chi connectivity index (χ3v) is 7.47. The number of nitrogens with zero attached hydrogens (tertiary/aromatic N) is 2. The van der Waals surface area contributed by atoms with Gasteiger partial charge in [-0.2, -0.15) is 4.31 Å². The third kappa shape index (κ3) is 5.47. The first-order chi connectivity index (χ1) is 14.4. The minimum Gasteiger partial charge on any atom is -0.383 e. The molecule has 2 aromatic carbocycles. The van der Waals surface area contributed by atoms with Crippen molar-refractivity contribution >= 4 is 15.9 Å². The van der Waals surface area contributed by atoms with Gasteiger partial charge in [0.1, 0.15) is 0 Å². The zero-order chi connectivity index (χ0) is 21.6. The standard InChI is InChI=1S/C23H30N2O4S/c1-19-8-10-22(11-9-19)30(27,28)25-14-12-21(13-15-25)23(26)24(16-17-29-2)18-20-6-4-3-5-7-20/h3-11,21H,12-18H2,1-2H3. The second-order valence-electron chi connectivity index (χ2n) is 7.73. The van der Waals surface area contributed by atoms with Crippen molar-refractivity contribution in [3.63, 3.8) is 0 Å². The summed E-state index contributed by atoms with van der Waals surface area (Å²) in [5, 5.41) is 0. The Labute approximate surface area is 179 Å². The number of amides is 1. The number of benzene rings is 2. The average Bonchev–Trinajstić information content (AvgIpc) is 2.77. The van der Waals surface area contributed by atoms with Gasteiger partial charge in [0.25, 0.3) is 0 Å². The highest BCUT2D eigenvalue weighted by Gasteiger charge is 2.33. The SMILES string of the molecule is COCCN(Cc1ccccc1)C(=O)C1CCN(S(=O)(=O)c2ccc(C)cc2)CC1. The molecular formula is C23H30N2O4S. The van der Waals surface area contributed by atoms with Crippen molar-refractivity contribution in [2.24, 2.45) is 5.92 Å². The lowest BCUT2D eigenvalue weighted by Crippen LogP contribution is -2.45. The molecule has 0 atom stereocenters. The second kappa shape index (κ2) is 10.2. The van der Waals surface area contributed by atoms with Gasteiger partial charge in [-0.1, -0.05) is 48.0 Å². The molecule has 1 saturated heterocycles. The number of aryl methyl sites for hydroxylation is 1. The molecule has 1 aliphatic heterocycles. The largest absolute Gasteiger partial charge is 0.383 e. The van der Waals surface area contributed by atoms with E-state index in [-0.39, 0.29) is 11.8 Å². The second-order valence-corrected chi connectivity index (χ2v) is 9.67. The van der Waals surface area contributed by atoms with Crippen LogP contribution in [0.5, 0.6) is 0 Å². The molecule has 0 unspecified atom stereocenters. The number of hydrogen-bond donors (Lipinski definition) is 0. The Balaban J connectivity index is 1.64. The third-order valence-electron chi connectivity index (χ3n) is 5.56. The van der Waals surface area contributed by atoms with E-state index in [0.29, 0.717) is 50.5 Å². The van der Waals surface area contributed by atoms with Crippen LogP contribution in [-0.4, -0.2) is 56.9 Å². The van der Waals surface area contributed by atoms with E-state index in [1.165, 1.54) is 4.31 Å². The van der Waals surface area contributed by atoms with Gasteiger partial charge in [0.15, 0.2) is 0 Å². The van der Waals surface area contributed by atoms with E-state index in [4.69, 9.17) is 4.74 Å². The van der Waals surface area contributed by atoms with Gasteiger partial charge < -0.3 is 9.64 Å². The van der Waals surface area contributed by atoms with Crippen molar-refractivity contribution in [2.75, 3.05) is 33.4 Å². The van der Waals surface area contributed by atoms with Crippen molar-refractivity contribution in [2.45, 2.75) is 31.2 Å². The Bertz CT molecular complexity index is 921. The van der Waals surface area contributed by atoms with Gasteiger partial charge in [0.05, 0.1) is 11.5 Å². The lowest BCUT2D eigenvalue weighted by atomic mass is 9.96. The smallest absolute Gasteiger partial charge is 0.243 e. The fourth-order valence-corrected chi connectivity index (χ4v) is 5.20. The number of carbonyl (C=O) groups is 1. The maximum absolute atomic E-state index is 13.2. The van der Waals surface area contributed by atoms with E-state index in [9.17, 15) is 13.2 Å². The van der Waals surface area contributed by atoms with Gasteiger partial charge in [-0.25, -0.2) is 8.42 Å². The summed E-state index contributed by atoms with van der Waals surface area (Å²) in [5.74, 6) is -0.0988. The zero-order valence-electron chi connectivity index (χ0n) is 17.7. The first-order valence-corrected chi connectivity index (χ1v) is 11.7. The number of piperidine rings is 1. The summed E-state index contributed by atoms with van der Waals surface area (Å²) in [5.41, 5.74) is 2.09. The summed E-state index contributed by atoms with van der Waals surface area (Å²) in [6, 6.07) is 16.8. The van der Waals surface area contributed by atoms with Crippen molar-refractivity contribution < 1.29 is 17.9 Å². The Morgan fingerprint density at radius 2 is 1.70 bits per heavy atom. The molecule has 1 heterocycles. The lowest BCUT2D eigenvalue weighted by Gasteiger charge is -2.33. The van der Waals surface area contributed by atoms with Crippen molar-refractivity contribution in [3.05, 3.63) is 65.7 Å². The first-order valence-electron chi connectivity index (χ1n) is 10.3. The molecule has 30 heavy (non-hydrogen) atoms. The normalized spacial score (nSPS) is 15.8. The Morgan fingerprint density at radius 3 is 2.30 bits per heavy atom. The van der Waals surface area contributed by atoms with E-state index in [1.807, 2.05) is 42.2 Å². The van der Waals surface area contributed by atoms with Crippen LogP contribution in [0.15, 0.2) is 59.5 Å². The molecule has 0 spiro atoms. The maximum Gasteiger partial charge on any atom is 0.243 e. The monoisotopic (exact) mass is 430 g/mol. The van der Waals surface area contributed by atoms with Crippen LogP contribution in [0.1, 0.15) is 24.0 Å². The molecule has 7 heteroatoms. The Hall–Kier alpha value is -2.22.